The Kier molecular flexibility index (Phi) is 5.94. The molecule has 1 fully saturated rings. The molecule has 1 aromatic rings. The van der Waals surface area contributed by atoms with Crippen molar-refractivity contribution in [3.8, 4) is 0 Å². The van der Waals surface area contributed by atoms with Gasteiger partial charge in [0.15, 0.2) is 0 Å². The molecule has 2 amide bonds. The van der Waals surface area contributed by atoms with Crippen LogP contribution < -0.4 is 15.1 Å². The van der Waals surface area contributed by atoms with Crippen molar-refractivity contribution in [2.75, 3.05) is 43.1 Å². The normalized spacial score (nSPS) is 14.8. The summed E-state index contributed by atoms with van der Waals surface area (Å²) >= 11 is 0. The molecule has 8 nitrogen and oxygen atoms in total. The van der Waals surface area contributed by atoms with E-state index in [4.69, 9.17) is 9.47 Å². The first-order valence-electron chi connectivity index (χ1n) is 7.28. The maximum Gasteiger partial charge on any atom is 0.414 e. The minimum atomic E-state index is -0.575. The second-order valence-corrected chi connectivity index (χ2v) is 5.16. The lowest BCUT2D eigenvalue weighted by Gasteiger charge is -2.25. The molecule has 0 spiro atoms. The minimum absolute atomic E-state index is 0.146. The highest BCUT2D eigenvalue weighted by atomic mass is 19.1. The molecule has 1 saturated heterocycles. The molecule has 0 aromatic heterocycles. The fourth-order valence-electron chi connectivity index (χ4n) is 2.39. The van der Waals surface area contributed by atoms with Crippen molar-refractivity contribution >= 4 is 30.4 Å². The van der Waals surface area contributed by atoms with Crippen molar-refractivity contribution in [1.29, 1.82) is 0 Å². The molecule has 0 radical (unpaired) electrons. The number of nitrogens with one attached hydrogen (secondary N) is 1. The summed E-state index contributed by atoms with van der Waals surface area (Å²) in [5, 5.41) is 2.43. The smallest absolute Gasteiger partial charge is 0.414 e. The number of ether oxygens (including phenoxy) is 2. The fraction of sp³-hybridized carbons (Fsp3) is 0.400. The van der Waals surface area contributed by atoms with Crippen LogP contribution in [0.3, 0.4) is 0 Å². The monoisotopic (exact) mass is 339 g/mol. The van der Waals surface area contributed by atoms with E-state index in [0.29, 0.717) is 25.1 Å². The zero-order valence-electron chi connectivity index (χ0n) is 13.1. The quantitative estimate of drug-likeness (QED) is 0.660. The number of cyclic esters (lactones) is 1. The number of anilines is 2. The predicted molar refractivity (Wildman–Crippen MR) is 83.4 cm³/mol. The molecule has 1 heterocycles. The van der Waals surface area contributed by atoms with Crippen LogP contribution in [-0.4, -0.2) is 58.4 Å². The number of amides is 2. The average molecular weight is 339 g/mol. The van der Waals surface area contributed by atoms with Gasteiger partial charge in [0, 0.05) is 12.7 Å². The molecule has 1 atom stereocenters. The number of benzene rings is 1. The van der Waals surface area contributed by atoms with Crippen molar-refractivity contribution in [2.24, 2.45) is 0 Å². The summed E-state index contributed by atoms with van der Waals surface area (Å²) in [4.78, 5) is 35.3. The van der Waals surface area contributed by atoms with Crippen molar-refractivity contribution in [1.82, 2.24) is 5.32 Å². The molecule has 0 bridgehead atoms. The molecule has 1 aromatic carbocycles. The van der Waals surface area contributed by atoms with Crippen LogP contribution in [0.5, 0.6) is 0 Å². The Bertz CT molecular complexity index is 613. The van der Waals surface area contributed by atoms with Crippen molar-refractivity contribution in [3.05, 3.63) is 24.0 Å². The Morgan fingerprint density at radius 3 is 2.88 bits per heavy atom. The van der Waals surface area contributed by atoms with Gasteiger partial charge in [-0.2, -0.15) is 0 Å². The van der Waals surface area contributed by atoms with Gasteiger partial charge in [0.2, 0.25) is 6.41 Å². The fourth-order valence-corrected chi connectivity index (χ4v) is 2.39. The van der Waals surface area contributed by atoms with Crippen LogP contribution in [-0.2, 0) is 19.1 Å². The lowest BCUT2D eigenvalue weighted by atomic mass is 10.2. The van der Waals surface area contributed by atoms with E-state index in [1.807, 2.05) is 0 Å². The maximum absolute atomic E-state index is 14.3. The van der Waals surface area contributed by atoms with E-state index in [9.17, 15) is 18.8 Å². The summed E-state index contributed by atoms with van der Waals surface area (Å²) in [6, 6.07) is 4.42. The molecule has 24 heavy (non-hydrogen) atoms. The maximum atomic E-state index is 14.3. The van der Waals surface area contributed by atoms with Gasteiger partial charge < -0.3 is 19.7 Å². The number of carbonyl (C=O) groups excluding carboxylic acids is 3. The third kappa shape index (κ3) is 4.12. The molecule has 1 unspecified atom stereocenters. The van der Waals surface area contributed by atoms with Crippen LogP contribution in [0.2, 0.25) is 0 Å². The van der Waals surface area contributed by atoms with E-state index in [-0.39, 0.29) is 25.4 Å². The number of halogens is 1. The largest absolute Gasteiger partial charge is 0.461 e. The summed E-state index contributed by atoms with van der Waals surface area (Å²) in [6.45, 7) is 1.23. The van der Waals surface area contributed by atoms with Gasteiger partial charge in [-0.15, -0.1) is 0 Å². The lowest BCUT2D eigenvalue weighted by molar-refractivity contribution is -0.133. The second-order valence-electron chi connectivity index (χ2n) is 5.16. The first kappa shape index (κ1) is 17.5. The van der Waals surface area contributed by atoms with Gasteiger partial charge in [-0.1, -0.05) is 0 Å². The molecule has 9 heteroatoms. The van der Waals surface area contributed by atoms with Gasteiger partial charge in [0.1, 0.15) is 18.5 Å². The van der Waals surface area contributed by atoms with Gasteiger partial charge >= 0.3 is 6.09 Å². The molecular weight excluding hydrogens is 321 g/mol. The number of rotatable bonds is 9. The first-order chi connectivity index (χ1) is 11.6. The van der Waals surface area contributed by atoms with Gasteiger partial charge in [0.25, 0.3) is 6.47 Å². The Morgan fingerprint density at radius 2 is 2.29 bits per heavy atom. The van der Waals surface area contributed by atoms with Crippen LogP contribution >= 0.6 is 0 Å². The SMILES string of the molecule is CN(CC(CNC=O)OC=O)c1ccc(N2CCOC2=O)c(F)c1. The zero-order valence-corrected chi connectivity index (χ0v) is 13.1. The molecule has 1 N–H and O–H groups in total. The Labute approximate surface area is 138 Å². The van der Waals surface area contributed by atoms with Crippen LogP contribution in [0.1, 0.15) is 0 Å². The van der Waals surface area contributed by atoms with E-state index in [0.717, 1.165) is 0 Å². The summed E-state index contributed by atoms with van der Waals surface area (Å²) in [5.41, 5.74) is 0.687. The molecular formula is C15H18FN3O5. The zero-order chi connectivity index (χ0) is 17.5. The average Bonchev–Trinajstić information content (AvgIpc) is 2.98. The summed E-state index contributed by atoms with van der Waals surface area (Å²) < 4.78 is 24.0. The van der Waals surface area contributed by atoms with E-state index in [2.05, 4.69) is 5.32 Å². The summed E-state index contributed by atoms with van der Waals surface area (Å²) in [6.07, 6.45) is -0.645. The molecule has 0 aliphatic carbocycles. The number of hydrogen-bond donors (Lipinski definition) is 1. The summed E-state index contributed by atoms with van der Waals surface area (Å²) in [7, 11) is 1.70. The Morgan fingerprint density at radius 1 is 1.50 bits per heavy atom. The van der Waals surface area contributed by atoms with E-state index >= 15 is 0 Å². The molecule has 1 aliphatic heterocycles. The molecule has 130 valence electrons. The highest BCUT2D eigenvalue weighted by Gasteiger charge is 2.26. The van der Waals surface area contributed by atoms with Gasteiger partial charge in [-0.05, 0) is 18.2 Å². The number of likely N-dealkylation sites (N-methyl/N-ethyl adjacent to an activating group) is 1. The van der Waals surface area contributed by atoms with Crippen LogP contribution in [0.15, 0.2) is 18.2 Å². The van der Waals surface area contributed by atoms with Gasteiger partial charge in [-0.25, -0.2) is 9.18 Å². The second kappa shape index (κ2) is 8.14. The van der Waals surface area contributed by atoms with Crippen LogP contribution in [0.25, 0.3) is 0 Å². The third-order valence-corrected chi connectivity index (χ3v) is 3.58. The highest BCUT2D eigenvalue weighted by molar-refractivity contribution is 5.89. The summed E-state index contributed by atoms with van der Waals surface area (Å²) in [5.74, 6) is -0.558. The lowest BCUT2D eigenvalue weighted by Crippen LogP contribution is -2.38. The van der Waals surface area contributed by atoms with Crippen molar-refractivity contribution in [2.45, 2.75) is 6.10 Å². The van der Waals surface area contributed by atoms with Crippen LogP contribution in [0, 0.1) is 5.82 Å². The Balaban J connectivity index is 2.07. The molecule has 2 rings (SSSR count). The van der Waals surface area contributed by atoms with E-state index in [1.165, 1.54) is 17.0 Å². The van der Waals surface area contributed by atoms with Crippen LogP contribution in [0.4, 0.5) is 20.6 Å². The van der Waals surface area contributed by atoms with Gasteiger partial charge in [-0.3, -0.25) is 14.5 Å². The van der Waals surface area contributed by atoms with E-state index in [1.54, 1.807) is 18.0 Å². The predicted octanol–water partition coefficient (Wildman–Crippen LogP) is 0.506. The first-order valence-corrected chi connectivity index (χ1v) is 7.28. The number of nitrogens with zero attached hydrogens (tertiary/aromatic N) is 2. The topological polar surface area (TPSA) is 88.2 Å². The van der Waals surface area contributed by atoms with Crippen molar-refractivity contribution in [3.63, 3.8) is 0 Å². The van der Waals surface area contributed by atoms with E-state index < -0.39 is 18.0 Å². The standard InChI is InChI=1S/C15H18FN3O5/c1-18(8-12(24-10-21)7-17-9-20)11-2-3-14(13(16)6-11)19-4-5-23-15(19)22/h2-3,6,9-10,12H,4-5,7-8H2,1H3,(H,17,20). The van der Waals surface area contributed by atoms with Gasteiger partial charge in [0.05, 0.1) is 25.3 Å². The number of carbonyl (C=O) groups is 3. The third-order valence-electron chi connectivity index (χ3n) is 3.58. The highest BCUT2D eigenvalue weighted by Crippen LogP contribution is 2.26. The number of hydrogen-bond acceptors (Lipinski definition) is 6. The minimum Gasteiger partial charge on any atom is -0.461 e. The van der Waals surface area contributed by atoms with Crippen molar-refractivity contribution < 1.29 is 28.2 Å². The molecule has 0 saturated carbocycles. The molecule has 1 aliphatic rings. The Hall–Kier alpha value is -2.84.